The van der Waals surface area contributed by atoms with Gasteiger partial charge in [-0.25, -0.2) is 0 Å². The zero-order valence-corrected chi connectivity index (χ0v) is 11.5. The maximum absolute atomic E-state index is 12.1. The van der Waals surface area contributed by atoms with Gasteiger partial charge in [-0.05, 0) is 25.8 Å². The number of rotatable bonds is 3. The highest BCUT2D eigenvalue weighted by molar-refractivity contribution is 5.79. The van der Waals surface area contributed by atoms with Crippen molar-refractivity contribution in [2.75, 3.05) is 13.2 Å². The average molecular weight is 260 g/mol. The average Bonchev–Trinajstić information content (AvgIpc) is 2.40. The molecule has 1 aliphatic rings. The van der Waals surface area contributed by atoms with Crippen molar-refractivity contribution < 1.29 is 14.3 Å². The van der Waals surface area contributed by atoms with E-state index in [0.717, 1.165) is 17.6 Å². The second-order valence-electron chi connectivity index (χ2n) is 4.69. The molecule has 2 atom stereocenters. The van der Waals surface area contributed by atoms with Gasteiger partial charge in [0, 0.05) is 0 Å². The molecule has 1 aromatic carbocycles. The van der Waals surface area contributed by atoms with Gasteiger partial charge in [0.25, 0.3) is 0 Å². The number of benzene rings is 1. The fourth-order valence-corrected chi connectivity index (χ4v) is 2.42. The van der Waals surface area contributed by atoms with Gasteiger partial charge < -0.3 is 9.47 Å². The third-order valence-corrected chi connectivity index (χ3v) is 3.33. The Morgan fingerprint density at radius 1 is 1.42 bits per heavy atom. The third-order valence-electron chi connectivity index (χ3n) is 3.33. The Morgan fingerprint density at radius 2 is 2.16 bits per heavy atom. The summed E-state index contributed by atoms with van der Waals surface area (Å²) < 4.78 is 10.7. The van der Waals surface area contributed by atoms with Gasteiger partial charge in [0.05, 0.1) is 19.3 Å². The van der Waals surface area contributed by atoms with Crippen molar-refractivity contribution in [1.82, 2.24) is 0 Å². The van der Waals surface area contributed by atoms with Gasteiger partial charge in [-0.15, -0.1) is 0 Å². The second-order valence-corrected chi connectivity index (χ2v) is 4.69. The van der Waals surface area contributed by atoms with Gasteiger partial charge in [0.1, 0.15) is 5.92 Å². The van der Waals surface area contributed by atoms with Crippen molar-refractivity contribution in [1.29, 1.82) is 0 Å². The van der Waals surface area contributed by atoms with E-state index in [9.17, 15) is 4.79 Å². The van der Waals surface area contributed by atoms with Crippen molar-refractivity contribution in [3.63, 3.8) is 0 Å². The van der Waals surface area contributed by atoms with Crippen molar-refractivity contribution >= 4 is 12.0 Å². The molecule has 102 valence electrons. The summed E-state index contributed by atoms with van der Waals surface area (Å²) in [6, 6.07) is 10.0. The molecule has 0 unspecified atom stereocenters. The highest BCUT2D eigenvalue weighted by Gasteiger charge is 2.33. The number of esters is 1. The molecule has 0 radical (unpaired) electrons. The van der Waals surface area contributed by atoms with Crippen LogP contribution in [0.1, 0.15) is 25.8 Å². The zero-order valence-electron chi connectivity index (χ0n) is 11.5. The molecule has 0 amide bonds. The Balaban J connectivity index is 2.25. The first-order valence-corrected chi connectivity index (χ1v) is 6.76. The number of hydrogen-bond acceptors (Lipinski definition) is 3. The van der Waals surface area contributed by atoms with E-state index >= 15 is 0 Å². The SMILES string of the molecule is CCOC(=O)[C@H]1/C(=C/c2ccccc2)CCO[C@H]1C. The Morgan fingerprint density at radius 3 is 2.84 bits per heavy atom. The lowest BCUT2D eigenvalue weighted by molar-refractivity contribution is -0.152. The van der Waals surface area contributed by atoms with Gasteiger partial charge in [0.15, 0.2) is 0 Å². The molecule has 1 fully saturated rings. The van der Waals surface area contributed by atoms with Crippen molar-refractivity contribution in [2.24, 2.45) is 5.92 Å². The largest absolute Gasteiger partial charge is 0.465 e. The molecular weight excluding hydrogens is 240 g/mol. The molecule has 0 spiro atoms. The quantitative estimate of drug-likeness (QED) is 0.784. The predicted molar refractivity (Wildman–Crippen MR) is 74.6 cm³/mol. The van der Waals surface area contributed by atoms with Crippen LogP contribution in [0.15, 0.2) is 35.9 Å². The molecule has 0 saturated carbocycles. The summed E-state index contributed by atoms with van der Waals surface area (Å²) in [5, 5.41) is 0. The molecule has 3 nitrogen and oxygen atoms in total. The van der Waals surface area contributed by atoms with E-state index in [1.54, 1.807) is 0 Å². The number of carbonyl (C=O) groups excluding carboxylic acids is 1. The van der Waals surface area contributed by atoms with Crippen LogP contribution in [-0.2, 0) is 14.3 Å². The van der Waals surface area contributed by atoms with Crippen LogP contribution in [0.2, 0.25) is 0 Å². The molecule has 19 heavy (non-hydrogen) atoms. The Bertz CT molecular complexity index is 450. The zero-order chi connectivity index (χ0) is 13.7. The maximum Gasteiger partial charge on any atom is 0.315 e. The van der Waals surface area contributed by atoms with E-state index in [1.807, 2.05) is 44.2 Å². The van der Waals surface area contributed by atoms with Crippen molar-refractivity contribution in [3.8, 4) is 0 Å². The van der Waals surface area contributed by atoms with E-state index < -0.39 is 0 Å². The predicted octanol–water partition coefficient (Wildman–Crippen LogP) is 3.06. The third kappa shape index (κ3) is 3.44. The van der Waals surface area contributed by atoms with Gasteiger partial charge in [-0.3, -0.25) is 4.79 Å². The Kier molecular flexibility index (Phi) is 4.74. The van der Waals surface area contributed by atoms with Gasteiger partial charge in [-0.2, -0.15) is 0 Å². The number of ether oxygens (including phenoxy) is 2. The molecule has 0 aromatic heterocycles. The van der Waals surface area contributed by atoms with Crippen LogP contribution in [0.5, 0.6) is 0 Å². The van der Waals surface area contributed by atoms with Crippen molar-refractivity contribution in [3.05, 3.63) is 41.5 Å². The highest BCUT2D eigenvalue weighted by Crippen LogP contribution is 2.29. The lowest BCUT2D eigenvalue weighted by atomic mass is 9.88. The van der Waals surface area contributed by atoms with Crippen LogP contribution in [0, 0.1) is 5.92 Å². The fraction of sp³-hybridized carbons (Fsp3) is 0.438. The summed E-state index contributed by atoms with van der Waals surface area (Å²) in [5.41, 5.74) is 2.21. The Labute approximate surface area is 114 Å². The molecule has 1 aromatic rings. The summed E-state index contributed by atoms with van der Waals surface area (Å²) in [4.78, 5) is 12.1. The molecule has 0 bridgehead atoms. The summed E-state index contributed by atoms with van der Waals surface area (Å²) in [5.74, 6) is -0.467. The van der Waals surface area contributed by atoms with E-state index in [4.69, 9.17) is 9.47 Å². The monoisotopic (exact) mass is 260 g/mol. The van der Waals surface area contributed by atoms with E-state index in [1.165, 1.54) is 0 Å². The Hall–Kier alpha value is -1.61. The molecule has 0 aliphatic carbocycles. The van der Waals surface area contributed by atoms with Crippen LogP contribution < -0.4 is 0 Å². The standard InChI is InChI=1S/C16H20O3/c1-3-18-16(17)15-12(2)19-10-9-14(15)11-13-7-5-4-6-8-13/h4-8,11-12,15H,3,9-10H2,1-2H3/b14-11+/t12-,15+/m0/s1. The number of hydrogen-bond donors (Lipinski definition) is 0. The lowest BCUT2D eigenvalue weighted by Crippen LogP contribution is -2.36. The summed E-state index contributed by atoms with van der Waals surface area (Å²) in [6.45, 7) is 4.82. The van der Waals surface area contributed by atoms with Crippen LogP contribution in [0.25, 0.3) is 6.08 Å². The molecule has 1 saturated heterocycles. The van der Waals surface area contributed by atoms with Gasteiger partial charge >= 0.3 is 5.97 Å². The smallest absolute Gasteiger partial charge is 0.315 e. The molecule has 2 rings (SSSR count). The second kappa shape index (κ2) is 6.53. The normalized spacial score (nSPS) is 25.3. The first-order valence-electron chi connectivity index (χ1n) is 6.76. The number of carbonyl (C=O) groups is 1. The topological polar surface area (TPSA) is 35.5 Å². The van der Waals surface area contributed by atoms with E-state index in [0.29, 0.717) is 13.2 Å². The maximum atomic E-state index is 12.1. The molecule has 0 N–H and O–H groups in total. The minimum atomic E-state index is -0.283. The molecule has 3 heteroatoms. The van der Waals surface area contributed by atoms with Gasteiger partial charge in [-0.1, -0.05) is 42.0 Å². The van der Waals surface area contributed by atoms with Gasteiger partial charge in [0.2, 0.25) is 0 Å². The van der Waals surface area contributed by atoms with Crippen molar-refractivity contribution in [2.45, 2.75) is 26.4 Å². The van der Waals surface area contributed by atoms with Crippen LogP contribution >= 0.6 is 0 Å². The summed E-state index contributed by atoms with van der Waals surface area (Å²) in [7, 11) is 0. The van der Waals surface area contributed by atoms with Crippen LogP contribution in [-0.4, -0.2) is 25.3 Å². The minimum absolute atomic E-state index is 0.122. The summed E-state index contributed by atoms with van der Waals surface area (Å²) in [6.07, 6.45) is 2.74. The van der Waals surface area contributed by atoms with E-state index in [-0.39, 0.29) is 18.0 Å². The van der Waals surface area contributed by atoms with E-state index in [2.05, 4.69) is 6.08 Å². The van der Waals surface area contributed by atoms with Crippen LogP contribution in [0.4, 0.5) is 0 Å². The molecule has 1 aliphatic heterocycles. The summed E-state index contributed by atoms with van der Waals surface area (Å²) >= 11 is 0. The lowest BCUT2D eigenvalue weighted by Gasteiger charge is -2.30. The first-order chi connectivity index (χ1) is 9.22. The fourth-order valence-electron chi connectivity index (χ4n) is 2.42. The highest BCUT2D eigenvalue weighted by atomic mass is 16.5. The minimum Gasteiger partial charge on any atom is -0.465 e. The first kappa shape index (κ1) is 13.8. The molecular formula is C16H20O3. The molecule has 1 heterocycles. The van der Waals surface area contributed by atoms with Crippen LogP contribution in [0.3, 0.4) is 0 Å².